The molecule has 0 N–H and O–H groups in total. The minimum Gasteiger partial charge on any atom is -0.0843 e. The van der Waals surface area contributed by atoms with Gasteiger partial charge in [0.1, 0.15) is 0 Å². The minimum absolute atomic E-state index is 0.727. The standard InChI is InChI=1S/C12H15Cl2/c1-2-3-4-5-6-10-7-11(13)9-12(14)8-10/h7-9H,1-6H2. The smallest absolute Gasteiger partial charge is 0.0423 e. The predicted octanol–water partition coefficient (Wildman–Crippen LogP) is 4.93. The van der Waals surface area contributed by atoms with E-state index in [-0.39, 0.29) is 0 Å². The third kappa shape index (κ3) is 4.34. The van der Waals surface area contributed by atoms with Gasteiger partial charge < -0.3 is 0 Å². The van der Waals surface area contributed by atoms with E-state index in [4.69, 9.17) is 23.2 Å². The molecule has 0 amide bonds. The van der Waals surface area contributed by atoms with Gasteiger partial charge in [0, 0.05) is 10.0 Å². The van der Waals surface area contributed by atoms with Gasteiger partial charge >= 0.3 is 0 Å². The van der Waals surface area contributed by atoms with Gasteiger partial charge in [0.05, 0.1) is 0 Å². The van der Waals surface area contributed by atoms with E-state index in [1.165, 1.54) is 24.8 Å². The molecule has 14 heavy (non-hydrogen) atoms. The second-order valence-electron chi connectivity index (χ2n) is 3.44. The first-order chi connectivity index (χ1) is 6.72. The van der Waals surface area contributed by atoms with Crippen LogP contribution in [0.5, 0.6) is 0 Å². The first-order valence-electron chi connectivity index (χ1n) is 4.96. The van der Waals surface area contributed by atoms with Crippen molar-refractivity contribution in [2.24, 2.45) is 0 Å². The van der Waals surface area contributed by atoms with Gasteiger partial charge in [0.15, 0.2) is 0 Å². The molecule has 0 saturated carbocycles. The second kappa shape index (κ2) is 6.31. The van der Waals surface area contributed by atoms with E-state index in [0.717, 1.165) is 22.9 Å². The maximum atomic E-state index is 5.90. The maximum Gasteiger partial charge on any atom is 0.0423 e. The van der Waals surface area contributed by atoms with Gasteiger partial charge in [-0.05, 0) is 36.6 Å². The molecule has 0 aliphatic rings. The van der Waals surface area contributed by atoms with E-state index in [9.17, 15) is 0 Å². The van der Waals surface area contributed by atoms with Gasteiger partial charge in [-0.15, -0.1) is 0 Å². The number of benzene rings is 1. The Labute approximate surface area is 96.2 Å². The molecular formula is C12H15Cl2. The van der Waals surface area contributed by atoms with Crippen LogP contribution in [0.15, 0.2) is 18.2 Å². The maximum absolute atomic E-state index is 5.90. The average Bonchev–Trinajstić information content (AvgIpc) is 2.11. The van der Waals surface area contributed by atoms with Crippen molar-refractivity contribution in [1.82, 2.24) is 0 Å². The molecule has 0 aliphatic carbocycles. The van der Waals surface area contributed by atoms with E-state index in [0.29, 0.717) is 0 Å². The fraction of sp³-hybridized carbons (Fsp3) is 0.417. The summed E-state index contributed by atoms with van der Waals surface area (Å²) in [5, 5.41) is 1.45. The second-order valence-corrected chi connectivity index (χ2v) is 4.31. The van der Waals surface area contributed by atoms with Gasteiger partial charge in [-0.3, -0.25) is 0 Å². The van der Waals surface area contributed by atoms with E-state index in [2.05, 4.69) is 6.92 Å². The molecule has 0 bridgehead atoms. The molecule has 0 aromatic heterocycles. The number of unbranched alkanes of at least 4 members (excludes halogenated alkanes) is 3. The SMILES string of the molecule is [CH2]CCCCCc1cc(Cl)cc(Cl)c1. The molecule has 0 aliphatic heterocycles. The molecule has 0 atom stereocenters. The lowest BCUT2D eigenvalue weighted by atomic mass is 10.1. The first kappa shape index (κ1) is 11.9. The Morgan fingerprint density at radius 2 is 1.57 bits per heavy atom. The van der Waals surface area contributed by atoms with Crippen LogP contribution in [-0.2, 0) is 6.42 Å². The van der Waals surface area contributed by atoms with Gasteiger partial charge in [0.2, 0.25) is 0 Å². The number of rotatable bonds is 5. The van der Waals surface area contributed by atoms with Crippen LogP contribution in [0.2, 0.25) is 10.0 Å². The molecule has 2 heteroatoms. The number of halogens is 2. The number of aryl methyl sites for hydroxylation is 1. The van der Waals surface area contributed by atoms with Crippen molar-refractivity contribution in [1.29, 1.82) is 0 Å². The fourth-order valence-electron chi connectivity index (χ4n) is 1.44. The fourth-order valence-corrected chi connectivity index (χ4v) is 2.01. The summed E-state index contributed by atoms with van der Waals surface area (Å²) in [6.45, 7) is 3.82. The van der Waals surface area contributed by atoms with Crippen LogP contribution in [0, 0.1) is 6.92 Å². The van der Waals surface area contributed by atoms with Gasteiger partial charge in [-0.25, -0.2) is 0 Å². The third-order valence-corrected chi connectivity index (χ3v) is 2.57. The summed E-state index contributed by atoms with van der Waals surface area (Å²) in [7, 11) is 0. The van der Waals surface area contributed by atoms with Crippen molar-refractivity contribution in [3.63, 3.8) is 0 Å². The molecular weight excluding hydrogens is 215 g/mol. The Morgan fingerprint density at radius 3 is 2.14 bits per heavy atom. The van der Waals surface area contributed by atoms with Gasteiger partial charge in [-0.1, -0.05) is 49.4 Å². The lowest BCUT2D eigenvalue weighted by molar-refractivity contribution is 0.686. The van der Waals surface area contributed by atoms with Crippen molar-refractivity contribution in [3.05, 3.63) is 40.7 Å². The zero-order chi connectivity index (χ0) is 10.4. The van der Waals surface area contributed by atoms with Crippen molar-refractivity contribution in [2.75, 3.05) is 0 Å². The zero-order valence-corrected chi connectivity index (χ0v) is 9.74. The molecule has 1 aromatic carbocycles. The Balaban J connectivity index is 2.42. The van der Waals surface area contributed by atoms with Crippen LogP contribution < -0.4 is 0 Å². The van der Waals surface area contributed by atoms with Crippen LogP contribution in [0.1, 0.15) is 31.2 Å². The van der Waals surface area contributed by atoms with Crippen molar-refractivity contribution in [3.8, 4) is 0 Å². The van der Waals surface area contributed by atoms with E-state index < -0.39 is 0 Å². The molecule has 0 saturated heterocycles. The normalized spacial score (nSPS) is 10.5. The summed E-state index contributed by atoms with van der Waals surface area (Å²) in [6.07, 6.45) is 5.70. The quantitative estimate of drug-likeness (QED) is 0.629. The Morgan fingerprint density at radius 1 is 0.929 bits per heavy atom. The van der Waals surface area contributed by atoms with Crippen LogP contribution in [0.25, 0.3) is 0 Å². The molecule has 0 unspecified atom stereocenters. The molecule has 0 nitrogen and oxygen atoms in total. The molecule has 77 valence electrons. The predicted molar refractivity (Wildman–Crippen MR) is 64.0 cm³/mol. The summed E-state index contributed by atoms with van der Waals surface area (Å²) in [5.41, 5.74) is 1.23. The molecule has 0 fully saturated rings. The highest BCUT2D eigenvalue weighted by atomic mass is 35.5. The highest BCUT2D eigenvalue weighted by Crippen LogP contribution is 2.20. The highest BCUT2D eigenvalue weighted by Gasteiger charge is 1.98. The molecule has 0 heterocycles. The molecule has 0 spiro atoms. The van der Waals surface area contributed by atoms with E-state index >= 15 is 0 Å². The van der Waals surface area contributed by atoms with Crippen molar-refractivity contribution in [2.45, 2.75) is 32.1 Å². The number of hydrogen-bond donors (Lipinski definition) is 0. The van der Waals surface area contributed by atoms with Crippen molar-refractivity contribution >= 4 is 23.2 Å². The summed E-state index contributed by atoms with van der Waals surface area (Å²) >= 11 is 11.8. The van der Waals surface area contributed by atoms with Crippen LogP contribution in [0.3, 0.4) is 0 Å². The Bertz CT molecular complexity index is 261. The topological polar surface area (TPSA) is 0 Å². The highest BCUT2D eigenvalue weighted by molar-refractivity contribution is 6.34. The largest absolute Gasteiger partial charge is 0.0843 e. The Hall–Kier alpha value is -0.200. The van der Waals surface area contributed by atoms with Crippen LogP contribution >= 0.6 is 23.2 Å². The molecule has 1 radical (unpaired) electrons. The summed E-state index contributed by atoms with van der Waals surface area (Å²) < 4.78 is 0. The van der Waals surface area contributed by atoms with Crippen molar-refractivity contribution < 1.29 is 0 Å². The summed E-state index contributed by atoms with van der Waals surface area (Å²) in [6, 6.07) is 5.73. The third-order valence-electron chi connectivity index (χ3n) is 2.14. The minimum atomic E-state index is 0.727. The van der Waals surface area contributed by atoms with E-state index in [1.54, 1.807) is 6.07 Å². The Kier molecular flexibility index (Phi) is 5.36. The monoisotopic (exact) mass is 229 g/mol. The molecule has 1 aromatic rings. The first-order valence-corrected chi connectivity index (χ1v) is 5.72. The van der Waals surface area contributed by atoms with Crippen LogP contribution in [-0.4, -0.2) is 0 Å². The van der Waals surface area contributed by atoms with Gasteiger partial charge in [0.25, 0.3) is 0 Å². The number of hydrogen-bond acceptors (Lipinski definition) is 0. The summed E-state index contributed by atoms with van der Waals surface area (Å²) in [5.74, 6) is 0. The van der Waals surface area contributed by atoms with E-state index in [1.807, 2.05) is 12.1 Å². The lowest BCUT2D eigenvalue weighted by Crippen LogP contribution is -1.86. The van der Waals surface area contributed by atoms with Gasteiger partial charge in [-0.2, -0.15) is 0 Å². The average molecular weight is 230 g/mol. The van der Waals surface area contributed by atoms with Crippen LogP contribution in [0.4, 0.5) is 0 Å². The molecule has 1 rings (SSSR count). The lowest BCUT2D eigenvalue weighted by Gasteiger charge is -2.02. The zero-order valence-electron chi connectivity index (χ0n) is 8.23. The summed E-state index contributed by atoms with van der Waals surface area (Å²) in [4.78, 5) is 0.